The zero-order valence-electron chi connectivity index (χ0n) is 12.4. The van der Waals surface area contributed by atoms with Gasteiger partial charge in [-0.1, -0.05) is 20.8 Å². The Hall–Kier alpha value is -1.53. The number of aromatic nitrogens is 2. The third-order valence-corrected chi connectivity index (χ3v) is 2.63. The summed E-state index contributed by atoms with van der Waals surface area (Å²) in [7, 11) is 1.70. The molecule has 0 unspecified atom stereocenters. The molecule has 0 atom stereocenters. The van der Waals surface area contributed by atoms with E-state index in [1.807, 2.05) is 20.8 Å². The Kier molecular flexibility index (Phi) is 4.83. The highest BCUT2D eigenvalue weighted by Crippen LogP contribution is 2.28. The van der Waals surface area contributed by atoms with E-state index < -0.39 is 19.2 Å². The number of hydrogen-bond donors (Lipinski definition) is 1. The van der Waals surface area contributed by atoms with Gasteiger partial charge in [-0.25, -0.2) is 4.98 Å². The third kappa shape index (κ3) is 4.54. The van der Waals surface area contributed by atoms with Crippen LogP contribution in [0.1, 0.15) is 38.6 Å². The minimum atomic E-state index is -4.24. The average molecular weight is 291 g/mol. The van der Waals surface area contributed by atoms with Gasteiger partial charge < -0.3 is 10.1 Å². The molecule has 1 aromatic rings. The number of anilines is 1. The Labute approximate surface area is 116 Å². The van der Waals surface area contributed by atoms with E-state index in [-0.39, 0.29) is 11.3 Å². The predicted octanol–water partition coefficient (Wildman–Crippen LogP) is 3.46. The van der Waals surface area contributed by atoms with E-state index in [0.717, 1.165) is 0 Å². The molecule has 0 fully saturated rings. The highest BCUT2D eigenvalue weighted by atomic mass is 19.4. The Morgan fingerprint density at radius 3 is 2.20 bits per heavy atom. The lowest BCUT2D eigenvalue weighted by molar-refractivity contribution is -0.139. The molecule has 0 spiro atoms. The van der Waals surface area contributed by atoms with Crippen molar-refractivity contribution in [3.05, 3.63) is 11.4 Å². The van der Waals surface area contributed by atoms with Gasteiger partial charge in [-0.3, -0.25) is 0 Å². The van der Waals surface area contributed by atoms with Crippen LogP contribution >= 0.6 is 0 Å². The molecule has 1 N–H and O–H groups in total. The SMILES string of the molecule is CNc1nc(C(C)(C)C)nc(OCCC(F)(F)F)c1C. The maximum atomic E-state index is 12.1. The molecule has 0 aliphatic carbocycles. The summed E-state index contributed by atoms with van der Waals surface area (Å²) in [5.41, 5.74) is 0.282. The first-order valence-corrected chi connectivity index (χ1v) is 6.31. The van der Waals surface area contributed by atoms with Gasteiger partial charge in [0, 0.05) is 12.5 Å². The first-order valence-electron chi connectivity index (χ1n) is 6.31. The number of hydrogen-bond acceptors (Lipinski definition) is 4. The Bertz CT molecular complexity index is 467. The molecule has 1 aromatic heterocycles. The first kappa shape index (κ1) is 16.5. The molecule has 20 heavy (non-hydrogen) atoms. The molecule has 4 nitrogen and oxygen atoms in total. The summed E-state index contributed by atoms with van der Waals surface area (Å²) >= 11 is 0. The molecule has 1 rings (SSSR count). The first-order chi connectivity index (χ1) is 9.04. The minimum Gasteiger partial charge on any atom is -0.477 e. The molecule has 0 bridgehead atoms. The molecule has 114 valence electrons. The summed E-state index contributed by atoms with van der Waals surface area (Å²) in [5.74, 6) is 1.28. The summed E-state index contributed by atoms with van der Waals surface area (Å²) in [6.45, 7) is 7.04. The predicted molar refractivity (Wildman–Crippen MR) is 71.2 cm³/mol. The summed E-state index contributed by atoms with van der Waals surface area (Å²) in [6.07, 6.45) is -5.24. The van der Waals surface area contributed by atoms with E-state index in [1.165, 1.54) is 0 Å². The largest absolute Gasteiger partial charge is 0.477 e. The van der Waals surface area contributed by atoms with Gasteiger partial charge in [-0.15, -0.1) is 0 Å². The van der Waals surface area contributed by atoms with Crippen molar-refractivity contribution in [1.82, 2.24) is 9.97 Å². The fourth-order valence-corrected chi connectivity index (χ4v) is 1.48. The maximum absolute atomic E-state index is 12.1. The molecule has 0 saturated carbocycles. The second-order valence-electron chi connectivity index (χ2n) is 5.54. The van der Waals surface area contributed by atoms with Crippen LogP contribution in [0.2, 0.25) is 0 Å². The monoisotopic (exact) mass is 291 g/mol. The van der Waals surface area contributed by atoms with E-state index >= 15 is 0 Å². The molecule has 0 amide bonds. The van der Waals surface area contributed by atoms with Gasteiger partial charge in [0.25, 0.3) is 0 Å². The van der Waals surface area contributed by atoms with Gasteiger partial charge >= 0.3 is 6.18 Å². The zero-order valence-corrected chi connectivity index (χ0v) is 12.4. The molecular formula is C13H20F3N3O. The van der Waals surface area contributed by atoms with E-state index in [9.17, 15) is 13.2 Å². The van der Waals surface area contributed by atoms with E-state index in [1.54, 1.807) is 14.0 Å². The normalized spacial score (nSPS) is 12.4. The van der Waals surface area contributed by atoms with Crippen LogP contribution in [0.5, 0.6) is 5.88 Å². The van der Waals surface area contributed by atoms with Gasteiger partial charge in [0.15, 0.2) is 0 Å². The van der Waals surface area contributed by atoms with Crippen LogP contribution in [-0.4, -0.2) is 29.8 Å². The smallest absolute Gasteiger partial charge is 0.392 e. The van der Waals surface area contributed by atoms with E-state index in [2.05, 4.69) is 15.3 Å². The van der Waals surface area contributed by atoms with Crippen molar-refractivity contribution >= 4 is 5.82 Å². The third-order valence-electron chi connectivity index (χ3n) is 2.63. The number of alkyl halides is 3. The number of ether oxygens (including phenoxy) is 1. The second-order valence-corrected chi connectivity index (χ2v) is 5.54. The summed E-state index contributed by atoms with van der Waals surface area (Å²) in [6, 6.07) is 0. The number of nitrogens with one attached hydrogen (secondary N) is 1. The molecule has 0 saturated heterocycles. The van der Waals surface area contributed by atoms with E-state index in [4.69, 9.17) is 4.74 Å². The van der Waals surface area contributed by atoms with Crippen LogP contribution in [0.4, 0.5) is 19.0 Å². The number of nitrogens with zero attached hydrogens (tertiary/aromatic N) is 2. The van der Waals surface area contributed by atoms with Crippen molar-refractivity contribution in [2.75, 3.05) is 19.0 Å². The van der Waals surface area contributed by atoms with Crippen molar-refractivity contribution < 1.29 is 17.9 Å². The second kappa shape index (κ2) is 5.85. The quantitative estimate of drug-likeness (QED) is 0.923. The standard InChI is InChI=1S/C13H20F3N3O/c1-8-9(17-5)18-11(12(2,3)4)19-10(8)20-7-6-13(14,15)16/h6-7H2,1-5H3,(H,17,18,19). The molecule has 0 aliphatic rings. The topological polar surface area (TPSA) is 47.0 Å². The Morgan fingerprint density at radius 1 is 1.15 bits per heavy atom. The lowest BCUT2D eigenvalue weighted by Crippen LogP contribution is -2.19. The van der Waals surface area contributed by atoms with Gasteiger partial charge in [0.05, 0.1) is 18.6 Å². The van der Waals surface area contributed by atoms with Crippen LogP contribution in [-0.2, 0) is 5.41 Å². The molecule has 1 heterocycles. The Balaban J connectivity index is 3.00. The van der Waals surface area contributed by atoms with Crippen LogP contribution in [0, 0.1) is 6.92 Å². The van der Waals surface area contributed by atoms with Crippen molar-refractivity contribution in [3.63, 3.8) is 0 Å². The minimum absolute atomic E-state index is 0.193. The van der Waals surface area contributed by atoms with Crippen LogP contribution in [0.3, 0.4) is 0 Å². The van der Waals surface area contributed by atoms with Gasteiger partial charge in [0.1, 0.15) is 11.6 Å². The fraction of sp³-hybridized carbons (Fsp3) is 0.692. The lowest BCUT2D eigenvalue weighted by atomic mass is 9.95. The highest BCUT2D eigenvalue weighted by molar-refractivity contribution is 5.48. The fourth-order valence-electron chi connectivity index (χ4n) is 1.48. The summed E-state index contributed by atoms with van der Waals surface area (Å²) < 4.78 is 41.6. The molecule has 0 aliphatic heterocycles. The van der Waals surface area contributed by atoms with Gasteiger partial charge in [0.2, 0.25) is 5.88 Å². The van der Waals surface area contributed by atoms with Crippen molar-refractivity contribution in [1.29, 1.82) is 0 Å². The molecule has 0 radical (unpaired) electrons. The van der Waals surface area contributed by atoms with Gasteiger partial charge in [-0.2, -0.15) is 18.2 Å². The van der Waals surface area contributed by atoms with Crippen LogP contribution in [0.25, 0.3) is 0 Å². The highest BCUT2D eigenvalue weighted by Gasteiger charge is 2.27. The number of rotatable bonds is 4. The zero-order chi connectivity index (χ0) is 15.6. The Morgan fingerprint density at radius 2 is 1.75 bits per heavy atom. The summed E-state index contributed by atoms with van der Waals surface area (Å²) in [4.78, 5) is 8.59. The number of halogens is 3. The molecule has 7 heteroatoms. The lowest BCUT2D eigenvalue weighted by Gasteiger charge is -2.20. The maximum Gasteiger partial charge on any atom is 0.392 e. The van der Waals surface area contributed by atoms with Crippen molar-refractivity contribution in [2.24, 2.45) is 0 Å². The van der Waals surface area contributed by atoms with Crippen molar-refractivity contribution in [2.45, 2.75) is 45.7 Å². The van der Waals surface area contributed by atoms with E-state index in [0.29, 0.717) is 17.2 Å². The van der Waals surface area contributed by atoms with Crippen LogP contribution in [0.15, 0.2) is 0 Å². The average Bonchev–Trinajstić information content (AvgIpc) is 2.28. The molecule has 0 aromatic carbocycles. The summed E-state index contributed by atoms with van der Waals surface area (Å²) in [5, 5.41) is 2.90. The molecular weight excluding hydrogens is 271 g/mol. The van der Waals surface area contributed by atoms with Gasteiger partial charge in [-0.05, 0) is 6.92 Å². The van der Waals surface area contributed by atoms with Crippen molar-refractivity contribution in [3.8, 4) is 5.88 Å². The van der Waals surface area contributed by atoms with Crippen LogP contribution < -0.4 is 10.1 Å².